The van der Waals surface area contributed by atoms with E-state index < -0.39 is 0 Å². The lowest BCUT2D eigenvalue weighted by Crippen LogP contribution is -2.41. The first-order valence-electron chi connectivity index (χ1n) is 8.26. The van der Waals surface area contributed by atoms with Gasteiger partial charge < -0.3 is 10.1 Å². The lowest BCUT2D eigenvalue weighted by atomic mass is 10.1. The molecule has 0 aliphatic carbocycles. The summed E-state index contributed by atoms with van der Waals surface area (Å²) in [6, 6.07) is 20.2. The minimum atomic E-state index is -0.217. The Morgan fingerprint density at radius 2 is 1.75 bits per heavy atom. The number of carbonyl (C=O) groups is 1. The average molecular weight is 322 g/mol. The van der Waals surface area contributed by atoms with E-state index in [9.17, 15) is 4.79 Å². The van der Waals surface area contributed by atoms with E-state index in [2.05, 4.69) is 17.4 Å². The molecule has 1 amide bonds. The van der Waals surface area contributed by atoms with Gasteiger partial charge in [0.25, 0.3) is 0 Å². The van der Waals surface area contributed by atoms with Crippen LogP contribution in [0, 0.1) is 0 Å². The predicted molar refractivity (Wildman–Crippen MR) is 95.1 cm³/mol. The van der Waals surface area contributed by atoms with E-state index in [4.69, 9.17) is 9.73 Å². The summed E-state index contributed by atoms with van der Waals surface area (Å²) in [5, 5.41) is 2.96. The molecule has 4 nitrogen and oxygen atoms in total. The molecule has 124 valence electrons. The number of benzene rings is 2. The largest absolute Gasteiger partial charge is 0.477 e. The normalized spacial score (nSPS) is 17.7. The molecule has 1 aliphatic rings. The number of amides is 1. The van der Waals surface area contributed by atoms with Crippen LogP contribution in [-0.4, -0.2) is 30.5 Å². The number of nitrogens with one attached hydrogen (secondary N) is 1. The molecule has 0 spiro atoms. The lowest BCUT2D eigenvalue weighted by Gasteiger charge is -2.17. The van der Waals surface area contributed by atoms with E-state index in [0.29, 0.717) is 18.9 Å². The van der Waals surface area contributed by atoms with E-state index in [0.717, 1.165) is 12.0 Å². The molecule has 0 aromatic heterocycles. The Bertz CT molecular complexity index is 698. The second kappa shape index (κ2) is 7.77. The van der Waals surface area contributed by atoms with Crippen molar-refractivity contribution in [3.63, 3.8) is 0 Å². The Hall–Kier alpha value is -2.62. The fourth-order valence-electron chi connectivity index (χ4n) is 2.91. The first-order valence-corrected chi connectivity index (χ1v) is 8.26. The molecule has 2 aromatic rings. The van der Waals surface area contributed by atoms with Crippen LogP contribution in [0.4, 0.5) is 0 Å². The molecule has 1 heterocycles. The number of hydrogen-bond acceptors (Lipinski definition) is 3. The van der Waals surface area contributed by atoms with Gasteiger partial charge in [-0.2, -0.15) is 0 Å². The van der Waals surface area contributed by atoms with Gasteiger partial charge in [-0.05, 0) is 17.5 Å². The zero-order chi connectivity index (χ0) is 16.8. The molecule has 4 heteroatoms. The number of aliphatic imine (C=N–C) groups is 1. The number of carbonyl (C=O) groups excluding carboxylic acids is 1. The summed E-state index contributed by atoms with van der Waals surface area (Å²) in [6.07, 6.45) is 1.53. The number of ether oxygens (including phenoxy) is 1. The highest BCUT2D eigenvalue weighted by Crippen LogP contribution is 2.15. The van der Waals surface area contributed by atoms with Gasteiger partial charge in [0.15, 0.2) is 0 Å². The number of nitrogens with zero attached hydrogens (tertiary/aromatic N) is 1. The smallest absolute Gasteiger partial charge is 0.217 e. The topological polar surface area (TPSA) is 50.7 Å². The molecule has 24 heavy (non-hydrogen) atoms. The van der Waals surface area contributed by atoms with Crippen molar-refractivity contribution in [3.05, 3.63) is 71.8 Å². The Kier molecular flexibility index (Phi) is 5.26. The fourth-order valence-corrected chi connectivity index (χ4v) is 2.91. The zero-order valence-electron chi connectivity index (χ0n) is 13.8. The average Bonchev–Trinajstić information content (AvgIpc) is 3.04. The van der Waals surface area contributed by atoms with Crippen molar-refractivity contribution in [1.82, 2.24) is 5.32 Å². The highest BCUT2D eigenvalue weighted by molar-refractivity contribution is 5.88. The van der Waals surface area contributed by atoms with Gasteiger partial charge in [-0.1, -0.05) is 60.7 Å². The minimum Gasteiger partial charge on any atom is -0.477 e. The molecule has 0 saturated carbocycles. The molecule has 0 saturated heterocycles. The molecule has 3 rings (SSSR count). The van der Waals surface area contributed by atoms with E-state index in [-0.39, 0.29) is 18.0 Å². The van der Waals surface area contributed by atoms with Crippen molar-refractivity contribution in [2.24, 2.45) is 4.99 Å². The third-order valence-electron chi connectivity index (χ3n) is 4.01. The lowest BCUT2D eigenvalue weighted by molar-refractivity contribution is -0.119. The van der Waals surface area contributed by atoms with Crippen LogP contribution in [0.15, 0.2) is 65.7 Å². The van der Waals surface area contributed by atoms with Crippen molar-refractivity contribution in [1.29, 1.82) is 0 Å². The molecule has 2 atom stereocenters. The van der Waals surface area contributed by atoms with Gasteiger partial charge in [-0.25, -0.2) is 4.99 Å². The Morgan fingerprint density at radius 1 is 1.12 bits per heavy atom. The summed E-state index contributed by atoms with van der Waals surface area (Å²) in [4.78, 5) is 16.3. The standard InChI is InChI=1S/C20H22N2O2/c1-15(23)21-19(13-17-10-6-3-7-11-17)20-22-18(14-24-20)12-16-8-4-2-5-9-16/h2-11,18-19H,12-14H2,1H3,(H,21,23)/t18?,19-/m0/s1. The van der Waals surface area contributed by atoms with E-state index >= 15 is 0 Å². The van der Waals surface area contributed by atoms with Crippen molar-refractivity contribution in [2.75, 3.05) is 6.61 Å². The van der Waals surface area contributed by atoms with Crippen LogP contribution in [0.2, 0.25) is 0 Å². The fraction of sp³-hybridized carbons (Fsp3) is 0.300. The molecular formula is C20H22N2O2. The first kappa shape index (κ1) is 16.2. The summed E-state index contributed by atoms with van der Waals surface area (Å²) >= 11 is 0. The van der Waals surface area contributed by atoms with Crippen LogP contribution in [0.3, 0.4) is 0 Å². The Morgan fingerprint density at radius 3 is 2.38 bits per heavy atom. The summed E-state index contributed by atoms with van der Waals surface area (Å²) in [7, 11) is 0. The van der Waals surface area contributed by atoms with Crippen molar-refractivity contribution in [2.45, 2.75) is 31.8 Å². The maximum absolute atomic E-state index is 11.6. The van der Waals surface area contributed by atoms with Crippen LogP contribution in [-0.2, 0) is 22.4 Å². The van der Waals surface area contributed by atoms with Gasteiger partial charge in [-0.15, -0.1) is 0 Å². The van der Waals surface area contributed by atoms with Gasteiger partial charge >= 0.3 is 0 Å². The van der Waals surface area contributed by atoms with Crippen molar-refractivity contribution in [3.8, 4) is 0 Å². The number of hydrogen-bond donors (Lipinski definition) is 1. The van der Waals surface area contributed by atoms with Crippen molar-refractivity contribution < 1.29 is 9.53 Å². The van der Waals surface area contributed by atoms with Crippen LogP contribution in [0.5, 0.6) is 0 Å². The van der Waals surface area contributed by atoms with Gasteiger partial charge in [0.05, 0.1) is 6.04 Å². The van der Waals surface area contributed by atoms with Gasteiger partial charge in [0.1, 0.15) is 12.6 Å². The molecule has 2 aromatic carbocycles. The molecule has 1 unspecified atom stereocenters. The maximum atomic E-state index is 11.6. The SMILES string of the molecule is CC(=O)N[C@@H](Cc1ccccc1)C1=NC(Cc2ccccc2)CO1. The molecule has 0 bridgehead atoms. The maximum Gasteiger partial charge on any atom is 0.217 e. The highest BCUT2D eigenvalue weighted by atomic mass is 16.5. The van der Waals surface area contributed by atoms with Gasteiger partial charge in [-0.3, -0.25) is 4.79 Å². The first-order chi connectivity index (χ1) is 11.7. The highest BCUT2D eigenvalue weighted by Gasteiger charge is 2.27. The van der Waals surface area contributed by atoms with Gasteiger partial charge in [0, 0.05) is 13.3 Å². The van der Waals surface area contributed by atoms with E-state index in [1.807, 2.05) is 48.5 Å². The molecule has 1 N–H and O–H groups in total. The third-order valence-corrected chi connectivity index (χ3v) is 4.01. The monoisotopic (exact) mass is 322 g/mol. The molecular weight excluding hydrogens is 300 g/mol. The second-order valence-corrected chi connectivity index (χ2v) is 6.06. The van der Waals surface area contributed by atoms with Crippen LogP contribution in [0.1, 0.15) is 18.1 Å². The molecule has 0 fully saturated rings. The zero-order valence-corrected chi connectivity index (χ0v) is 13.8. The summed E-state index contributed by atoms with van der Waals surface area (Å²) < 4.78 is 5.81. The molecule has 0 radical (unpaired) electrons. The van der Waals surface area contributed by atoms with E-state index in [1.165, 1.54) is 12.5 Å². The van der Waals surface area contributed by atoms with Crippen LogP contribution >= 0.6 is 0 Å². The van der Waals surface area contributed by atoms with Crippen LogP contribution < -0.4 is 5.32 Å². The Balaban J connectivity index is 1.70. The predicted octanol–water partition coefficient (Wildman–Crippen LogP) is 2.77. The summed E-state index contributed by atoms with van der Waals surface area (Å²) in [5.41, 5.74) is 2.39. The quantitative estimate of drug-likeness (QED) is 0.889. The summed E-state index contributed by atoms with van der Waals surface area (Å²) in [6.45, 7) is 2.09. The number of rotatable bonds is 6. The van der Waals surface area contributed by atoms with Crippen molar-refractivity contribution >= 4 is 11.8 Å². The van der Waals surface area contributed by atoms with Gasteiger partial charge in [0.2, 0.25) is 11.8 Å². The minimum absolute atomic E-state index is 0.0752. The van der Waals surface area contributed by atoms with E-state index in [1.54, 1.807) is 0 Å². The van der Waals surface area contributed by atoms with Crippen LogP contribution in [0.25, 0.3) is 0 Å². The Labute approximate surface area is 142 Å². The molecule has 1 aliphatic heterocycles. The summed E-state index contributed by atoms with van der Waals surface area (Å²) in [5.74, 6) is 0.559. The second-order valence-electron chi connectivity index (χ2n) is 6.06. The third kappa shape index (κ3) is 4.44.